The monoisotopic (exact) mass is 310 g/mol. The molecule has 0 radical (unpaired) electrons. The minimum absolute atomic E-state index is 0.0561. The third-order valence-corrected chi connectivity index (χ3v) is 4.17. The van der Waals surface area contributed by atoms with Crippen molar-refractivity contribution in [3.63, 3.8) is 0 Å². The lowest BCUT2D eigenvalue weighted by molar-refractivity contribution is -0.304. The van der Waals surface area contributed by atoms with Crippen molar-refractivity contribution in [2.24, 2.45) is 5.92 Å². The molecule has 0 saturated heterocycles. The van der Waals surface area contributed by atoms with E-state index in [9.17, 15) is 19.8 Å². The van der Waals surface area contributed by atoms with Crippen molar-refractivity contribution in [2.75, 3.05) is 0 Å². The van der Waals surface area contributed by atoms with E-state index in [1.807, 2.05) is 6.92 Å². The molecular formula is C18H30O4-2. The van der Waals surface area contributed by atoms with Crippen molar-refractivity contribution >= 4 is 11.9 Å². The molecule has 1 atom stereocenters. The lowest BCUT2D eigenvalue weighted by Crippen LogP contribution is -2.32. The van der Waals surface area contributed by atoms with E-state index in [2.05, 4.69) is 13.8 Å². The summed E-state index contributed by atoms with van der Waals surface area (Å²) in [5.74, 6) is -2.52. The predicted molar refractivity (Wildman–Crippen MR) is 83.7 cm³/mol. The van der Waals surface area contributed by atoms with E-state index in [1.54, 1.807) is 0 Å². The van der Waals surface area contributed by atoms with Gasteiger partial charge in [-0.05, 0) is 36.3 Å². The fourth-order valence-electron chi connectivity index (χ4n) is 2.67. The largest absolute Gasteiger partial charge is 0.545 e. The van der Waals surface area contributed by atoms with Crippen molar-refractivity contribution in [2.45, 2.75) is 85.0 Å². The Kier molecular flexibility index (Phi) is 11.5. The van der Waals surface area contributed by atoms with Crippen molar-refractivity contribution < 1.29 is 19.8 Å². The minimum Gasteiger partial charge on any atom is -0.545 e. The van der Waals surface area contributed by atoms with E-state index >= 15 is 0 Å². The highest BCUT2D eigenvalue weighted by atomic mass is 16.4. The van der Waals surface area contributed by atoms with Gasteiger partial charge >= 0.3 is 0 Å². The van der Waals surface area contributed by atoms with Crippen LogP contribution in [0.2, 0.25) is 0 Å². The van der Waals surface area contributed by atoms with Gasteiger partial charge < -0.3 is 19.8 Å². The summed E-state index contributed by atoms with van der Waals surface area (Å²) in [6, 6.07) is 0. The average Bonchev–Trinajstić information content (AvgIpc) is 2.48. The lowest BCUT2D eigenvalue weighted by Gasteiger charge is -2.22. The first-order valence-corrected chi connectivity index (χ1v) is 8.62. The number of rotatable bonds is 13. The Bertz CT molecular complexity index is 371. The Hall–Kier alpha value is -1.32. The fraction of sp³-hybridized carbons (Fsp3) is 0.778. The van der Waals surface area contributed by atoms with Gasteiger partial charge in [-0.15, -0.1) is 0 Å². The molecule has 4 nitrogen and oxygen atoms in total. The number of unbranched alkanes of at least 4 members (excludes halogenated alkanes) is 4. The summed E-state index contributed by atoms with van der Waals surface area (Å²) in [5, 5.41) is 22.7. The van der Waals surface area contributed by atoms with Crippen molar-refractivity contribution in [3.8, 4) is 0 Å². The van der Waals surface area contributed by atoms with E-state index in [0.29, 0.717) is 6.42 Å². The first-order valence-electron chi connectivity index (χ1n) is 8.62. The Morgan fingerprint density at radius 1 is 0.818 bits per heavy atom. The molecule has 0 fully saturated rings. The summed E-state index contributed by atoms with van der Waals surface area (Å²) in [6.07, 6.45) is 8.02. The van der Waals surface area contributed by atoms with Gasteiger partial charge in [-0.2, -0.15) is 0 Å². The average molecular weight is 310 g/mol. The van der Waals surface area contributed by atoms with Crippen molar-refractivity contribution in [1.82, 2.24) is 0 Å². The van der Waals surface area contributed by atoms with Gasteiger partial charge in [0.15, 0.2) is 0 Å². The second-order valence-corrected chi connectivity index (χ2v) is 5.96. The van der Waals surface area contributed by atoms with Crippen LogP contribution in [0.5, 0.6) is 0 Å². The lowest BCUT2D eigenvalue weighted by atomic mass is 9.88. The molecule has 0 aliphatic rings. The van der Waals surface area contributed by atoms with E-state index < -0.39 is 11.9 Å². The van der Waals surface area contributed by atoms with Crippen LogP contribution in [-0.2, 0) is 9.59 Å². The molecule has 0 aliphatic heterocycles. The molecule has 0 heterocycles. The van der Waals surface area contributed by atoms with Crippen molar-refractivity contribution in [3.05, 3.63) is 11.1 Å². The van der Waals surface area contributed by atoms with Crippen molar-refractivity contribution in [1.29, 1.82) is 0 Å². The maximum Gasteiger partial charge on any atom is 0.0678 e. The molecule has 0 aromatic rings. The third kappa shape index (κ3) is 8.20. The maximum atomic E-state index is 11.4. The first kappa shape index (κ1) is 20.7. The van der Waals surface area contributed by atoms with Crippen LogP contribution in [0.1, 0.15) is 85.0 Å². The minimum atomic E-state index is -1.36. The molecule has 0 bridgehead atoms. The Labute approximate surface area is 134 Å². The topological polar surface area (TPSA) is 80.3 Å². The maximum absolute atomic E-state index is 11.4. The van der Waals surface area contributed by atoms with Crippen LogP contribution in [0.25, 0.3) is 0 Å². The van der Waals surface area contributed by atoms with Crippen LogP contribution in [0.4, 0.5) is 0 Å². The number of hydrogen-bond acceptors (Lipinski definition) is 4. The smallest absolute Gasteiger partial charge is 0.0678 e. The quantitative estimate of drug-likeness (QED) is 0.386. The number of carboxylic acids is 2. The number of aliphatic carboxylic acids is 2. The number of carboxylic acid groups (broad SMARTS) is 2. The summed E-state index contributed by atoms with van der Waals surface area (Å²) in [7, 11) is 0. The van der Waals surface area contributed by atoms with Crippen LogP contribution < -0.4 is 10.2 Å². The summed E-state index contributed by atoms with van der Waals surface area (Å²) in [4.78, 5) is 22.7. The van der Waals surface area contributed by atoms with Crippen LogP contribution in [0.3, 0.4) is 0 Å². The summed E-state index contributed by atoms with van der Waals surface area (Å²) >= 11 is 0. The number of carbonyl (C=O) groups is 2. The zero-order valence-corrected chi connectivity index (χ0v) is 14.3. The molecule has 0 spiro atoms. The van der Waals surface area contributed by atoms with Crippen LogP contribution in [0.15, 0.2) is 11.1 Å². The van der Waals surface area contributed by atoms with Gasteiger partial charge in [0, 0.05) is 0 Å². The molecule has 128 valence electrons. The molecule has 4 heteroatoms. The second kappa shape index (κ2) is 12.2. The van der Waals surface area contributed by atoms with Gasteiger partial charge in [0.1, 0.15) is 0 Å². The Balaban J connectivity index is 5.05. The molecule has 0 rings (SSSR count). The normalized spacial score (nSPS) is 13.6. The molecule has 0 N–H and O–H groups in total. The van der Waals surface area contributed by atoms with Crippen LogP contribution in [-0.4, -0.2) is 11.9 Å². The van der Waals surface area contributed by atoms with E-state index in [-0.39, 0.29) is 29.9 Å². The highest BCUT2D eigenvalue weighted by Gasteiger charge is 2.15. The molecule has 0 aliphatic carbocycles. The molecular weight excluding hydrogens is 280 g/mol. The summed E-state index contributed by atoms with van der Waals surface area (Å²) < 4.78 is 0. The fourth-order valence-corrected chi connectivity index (χ4v) is 2.67. The number of carbonyl (C=O) groups excluding carboxylic acids is 2. The molecule has 0 amide bonds. The second-order valence-electron chi connectivity index (χ2n) is 5.96. The van der Waals surface area contributed by atoms with E-state index in [1.165, 1.54) is 0 Å². The molecule has 22 heavy (non-hydrogen) atoms. The standard InChI is InChI=1S/C18H32O4/c1-4-7-9-10-12-15(17(19)20)16(18(21)22)13-14(6-3)11-8-5-2/h14H,4-13H2,1-3H3,(H,19,20)(H,21,22)/p-2/b16-15-. The molecule has 0 saturated carbocycles. The zero-order chi connectivity index (χ0) is 17.0. The van der Waals surface area contributed by atoms with Gasteiger partial charge in [0.05, 0.1) is 11.9 Å². The van der Waals surface area contributed by atoms with Crippen LogP contribution in [0, 0.1) is 5.92 Å². The summed E-state index contributed by atoms with van der Waals surface area (Å²) in [5.41, 5.74) is -0.120. The number of hydrogen-bond donors (Lipinski definition) is 0. The predicted octanol–water partition coefficient (Wildman–Crippen LogP) is 2.36. The Morgan fingerprint density at radius 2 is 1.41 bits per heavy atom. The molecule has 0 aromatic carbocycles. The SMILES string of the molecule is CCCCCC/C(C(=O)[O-])=C(\CC(CC)CCCC)C(=O)[O-]. The third-order valence-electron chi connectivity index (χ3n) is 4.17. The first-order chi connectivity index (χ1) is 10.5. The molecule has 0 aromatic heterocycles. The zero-order valence-electron chi connectivity index (χ0n) is 14.3. The van der Waals surface area contributed by atoms with Crippen LogP contribution >= 0.6 is 0 Å². The highest BCUT2D eigenvalue weighted by Crippen LogP contribution is 2.25. The van der Waals surface area contributed by atoms with Gasteiger partial charge in [-0.25, -0.2) is 0 Å². The van der Waals surface area contributed by atoms with Gasteiger partial charge in [0.25, 0.3) is 0 Å². The van der Waals surface area contributed by atoms with E-state index in [0.717, 1.165) is 44.9 Å². The van der Waals surface area contributed by atoms with Gasteiger partial charge in [-0.3, -0.25) is 0 Å². The van der Waals surface area contributed by atoms with Gasteiger partial charge in [0.2, 0.25) is 0 Å². The highest BCUT2D eigenvalue weighted by molar-refractivity contribution is 5.97. The molecule has 1 unspecified atom stereocenters. The Morgan fingerprint density at radius 3 is 1.86 bits per heavy atom. The van der Waals surface area contributed by atoms with E-state index in [4.69, 9.17) is 0 Å². The summed E-state index contributed by atoms with van der Waals surface area (Å²) in [6.45, 7) is 6.16. The van der Waals surface area contributed by atoms with Gasteiger partial charge in [-0.1, -0.05) is 65.7 Å².